The number of fused-ring (bicyclic) bond motifs is 2. The van der Waals surface area contributed by atoms with E-state index < -0.39 is 34.7 Å². The van der Waals surface area contributed by atoms with Crippen molar-refractivity contribution in [3.05, 3.63) is 98.6 Å². The number of nitrogens with zero attached hydrogens (tertiary/aromatic N) is 2. The van der Waals surface area contributed by atoms with Crippen molar-refractivity contribution >= 4 is 52.2 Å². The molecule has 8 nitrogen and oxygen atoms in total. The van der Waals surface area contributed by atoms with E-state index in [-0.39, 0.29) is 23.0 Å². The Labute approximate surface area is 224 Å². The van der Waals surface area contributed by atoms with Crippen molar-refractivity contribution in [3.8, 4) is 0 Å². The van der Waals surface area contributed by atoms with Crippen molar-refractivity contribution in [2.45, 2.75) is 29.7 Å². The van der Waals surface area contributed by atoms with Gasteiger partial charge in [0.25, 0.3) is 0 Å². The maximum Gasteiger partial charge on any atom is 0.308 e. The summed E-state index contributed by atoms with van der Waals surface area (Å²) in [6.07, 6.45) is 1.47. The van der Waals surface area contributed by atoms with Gasteiger partial charge in [0, 0.05) is 5.69 Å². The van der Waals surface area contributed by atoms with Crippen LogP contribution >= 0.6 is 23.1 Å². The van der Waals surface area contributed by atoms with Crippen molar-refractivity contribution in [2.75, 3.05) is 10.2 Å². The highest BCUT2D eigenvalue weighted by Gasteiger charge is 2.57. The van der Waals surface area contributed by atoms with E-state index in [2.05, 4.69) is 5.32 Å². The smallest absolute Gasteiger partial charge is 0.308 e. The third kappa shape index (κ3) is 3.98. The Morgan fingerprint density at radius 3 is 2.50 bits per heavy atom. The summed E-state index contributed by atoms with van der Waals surface area (Å²) in [6, 6.07) is 15.9. The second-order valence-corrected chi connectivity index (χ2v) is 11.2. The number of furan rings is 1. The predicted octanol–water partition coefficient (Wildman–Crippen LogP) is 4.38. The van der Waals surface area contributed by atoms with Gasteiger partial charge in [-0.15, -0.1) is 0 Å². The molecule has 0 bridgehead atoms. The number of carbonyl (C=O) groups is 3. The first-order chi connectivity index (χ1) is 18.3. The number of anilines is 2. The molecule has 0 unspecified atom stereocenters. The lowest BCUT2D eigenvalue weighted by molar-refractivity contribution is -0.122. The first kappa shape index (κ1) is 24.4. The molecule has 4 heterocycles. The Balaban J connectivity index is 1.39. The average molecular weight is 550 g/mol. The van der Waals surface area contributed by atoms with Crippen molar-refractivity contribution in [3.63, 3.8) is 0 Å². The van der Waals surface area contributed by atoms with E-state index in [0.29, 0.717) is 21.4 Å². The van der Waals surface area contributed by atoms with Crippen LogP contribution in [0.25, 0.3) is 0 Å². The molecule has 4 aromatic rings. The second kappa shape index (κ2) is 9.41. The third-order valence-corrected chi connectivity index (χ3v) is 9.31. The van der Waals surface area contributed by atoms with Crippen LogP contribution in [0.1, 0.15) is 22.1 Å². The highest BCUT2D eigenvalue weighted by atomic mass is 32.2. The molecular weight excluding hydrogens is 529 g/mol. The molecule has 0 saturated carbocycles. The molecule has 2 aliphatic heterocycles. The second-order valence-electron chi connectivity index (χ2n) is 9.03. The first-order valence-electron chi connectivity index (χ1n) is 11.8. The molecule has 0 aliphatic carbocycles. The first-order valence-corrected chi connectivity index (χ1v) is 13.5. The van der Waals surface area contributed by atoms with E-state index in [1.807, 2.05) is 19.1 Å². The normalized spacial score (nSPS) is 20.4. The zero-order chi connectivity index (χ0) is 26.6. The lowest BCUT2D eigenvalue weighted by Gasteiger charge is -2.29. The molecule has 1 N–H and O–H groups in total. The summed E-state index contributed by atoms with van der Waals surface area (Å²) < 4.78 is 20.6. The minimum absolute atomic E-state index is 0.252. The number of amides is 3. The lowest BCUT2D eigenvalue weighted by atomic mass is 9.87. The molecule has 3 atom stereocenters. The summed E-state index contributed by atoms with van der Waals surface area (Å²) >= 11 is 2.05. The van der Waals surface area contributed by atoms with E-state index in [9.17, 15) is 23.6 Å². The number of para-hydroxylation sites is 1. The Kier molecular flexibility index (Phi) is 6.04. The van der Waals surface area contributed by atoms with Crippen LogP contribution in [-0.4, -0.2) is 27.5 Å². The number of benzene rings is 2. The number of carbonyl (C=O) groups excluding carboxylic acids is 3. The zero-order valence-electron chi connectivity index (χ0n) is 19.9. The molecular formula is C27H20FN3O5S2. The fourth-order valence-electron chi connectivity index (χ4n) is 4.92. The molecule has 0 spiro atoms. The Bertz CT molecular complexity index is 1630. The average Bonchev–Trinajstić information content (AvgIpc) is 3.59. The van der Waals surface area contributed by atoms with Crippen molar-refractivity contribution in [1.82, 2.24) is 4.57 Å². The predicted molar refractivity (Wildman–Crippen MR) is 141 cm³/mol. The van der Waals surface area contributed by atoms with Gasteiger partial charge in [-0.1, -0.05) is 41.3 Å². The summed E-state index contributed by atoms with van der Waals surface area (Å²) in [5.41, 5.74) is 1.79. The van der Waals surface area contributed by atoms with Crippen LogP contribution < -0.4 is 15.1 Å². The Morgan fingerprint density at radius 2 is 1.79 bits per heavy atom. The number of aryl methyl sites for hydroxylation is 1. The topological polar surface area (TPSA) is 102 Å². The summed E-state index contributed by atoms with van der Waals surface area (Å²) in [6.45, 7) is 1.62. The zero-order valence-corrected chi connectivity index (χ0v) is 21.6. The number of hydrogen-bond donors (Lipinski definition) is 1. The van der Waals surface area contributed by atoms with E-state index in [4.69, 9.17) is 4.42 Å². The van der Waals surface area contributed by atoms with Gasteiger partial charge in [-0.25, -0.2) is 9.29 Å². The molecule has 0 radical (unpaired) electrons. The molecule has 1 saturated heterocycles. The van der Waals surface area contributed by atoms with Crippen LogP contribution in [0, 0.1) is 18.7 Å². The quantitative estimate of drug-likeness (QED) is 0.371. The summed E-state index contributed by atoms with van der Waals surface area (Å²) in [5, 5.41) is 2.45. The van der Waals surface area contributed by atoms with Gasteiger partial charge in [0.05, 0.1) is 33.7 Å². The van der Waals surface area contributed by atoms with Crippen LogP contribution in [0.4, 0.5) is 15.8 Å². The molecule has 6 rings (SSSR count). The minimum atomic E-state index is -0.852. The summed E-state index contributed by atoms with van der Waals surface area (Å²) in [4.78, 5) is 54.6. The van der Waals surface area contributed by atoms with E-state index in [1.165, 1.54) is 35.1 Å². The van der Waals surface area contributed by atoms with Gasteiger partial charge < -0.3 is 9.73 Å². The van der Waals surface area contributed by atoms with E-state index >= 15 is 0 Å². The number of thioether (sulfide) groups is 1. The molecule has 1 fully saturated rings. The van der Waals surface area contributed by atoms with Crippen LogP contribution in [0.3, 0.4) is 0 Å². The van der Waals surface area contributed by atoms with Crippen LogP contribution in [-0.2, 0) is 20.9 Å². The van der Waals surface area contributed by atoms with Gasteiger partial charge in [0.15, 0.2) is 0 Å². The number of thiazole rings is 1. The van der Waals surface area contributed by atoms with Crippen LogP contribution in [0.2, 0.25) is 0 Å². The molecule has 11 heteroatoms. The highest BCUT2D eigenvalue weighted by molar-refractivity contribution is 8.00. The number of hydrogen-bond acceptors (Lipinski definition) is 7. The monoisotopic (exact) mass is 549 g/mol. The molecule has 38 heavy (non-hydrogen) atoms. The Hall–Kier alpha value is -3.96. The number of rotatable bonds is 5. The van der Waals surface area contributed by atoms with Crippen LogP contribution in [0.15, 0.2) is 81.2 Å². The van der Waals surface area contributed by atoms with Gasteiger partial charge in [-0.05, 0) is 55.0 Å². The minimum Gasteiger partial charge on any atom is -0.469 e. The van der Waals surface area contributed by atoms with Crippen molar-refractivity contribution in [2.24, 2.45) is 5.92 Å². The molecule has 192 valence electrons. The van der Waals surface area contributed by atoms with E-state index in [0.717, 1.165) is 33.6 Å². The number of imide groups is 1. The van der Waals surface area contributed by atoms with Gasteiger partial charge >= 0.3 is 4.87 Å². The summed E-state index contributed by atoms with van der Waals surface area (Å²) in [5.74, 6) is -2.86. The maximum atomic E-state index is 13.7. The fourth-order valence-corrected chi connectivity index (χ4v) is 7.67. The number of nitrogens with one attached hydrogen (secondary N) is 1. The maximum absolute atomic E-state index is 13.7. The third-order valence-electron chi connectivity index (χ3n) is 6.70. The van der Waals surface area contributed by atoms with Crippen LogP contribution in [0.5, 0.6) is 0 Å². The van der Waals surface area contributed by atoms with Crippen molar-refractivity contribution in [1.29, 1.82) is 0 Å². The molecule has 2 aromatic carbocycles. The van der Waals surface area contributed by atoms with E-state index in [1.54, 1.807) is 24.3 Å². The van der Waals surface area contributed by atoms with Crippen molar-refractivity contribution < 1.29 is 23.2 Å². The van der Waals surface area contributed by atoms with Gasteiger partial charge in [0.1, 0.15) is 23.4 Å². The Morgan fingerprint density at radius 1 is 1.03 bits per heavy atom. The molecule has 3 amide bonds. The molecule has 2 aromatic heterocycles. The number of halogens is 1. The van der Waals surface area contributed by atoms with Gasteiger partial charge in [-0.3, -0.25) is 23.7 Å². The fraction of sp³-hybridized carbons (Fsp3) is 0.185. The van der Waals surface area contributed by atoms with Gasteiger partial charge in [-0.2, -0.15) is 0 Å². The SMILES string of the molecule is Cc1ccccc1NC(=O)Cn1c2c(sc1=O)[C@@H](c1ccco1)[C@@H]1C(=O)N(c3ccc(F)cc3)C(=O)[C@@H]1S2. The summed E-state index contributed by atoms with van der Waals surface area (Å²) in [7, 11) is 0. The lowest BCUT2D eigenvalue weighted by Crippen LogP contribution is -2.32. The molecule has 2 aliphatic rings. The van der Waals surface area contributed by atoms with Gasteiger partial charge in [0.2, 0.25) is 17.7 Å². The highest BCUT2D eigenvalue weighted by Crippen LogP contribution is 2.53. The number of aromatic nitrogens is 1. The largest absolute Gasteiger partial charge is 0.469 e. The standard InChI is InChI=1S/C27H20FN3O5S2/c1-14-5-2-3-6-17(14)29-19(32)13-30-26-23(38-27(30)35)20(18-7-4-12-36-18)21-22(37-26)25(34)31(24(21)33)16-10-8-15(28)9-11-16/h2-12,20-22H,13H2,1H3,(H,29,32)/t20-,21-,22+/m0/s1.